The largest absolute Gasteiger partial charge is 0.377 e. The average molecular weight is 280 g/mol. The van der Waals surface area contributed by atoms with Crippen molar-refractivity contribution < 1.29 is 4.74 Å². The van der Waals surface area contributed by atoms with E-state index in [0.29, 0.717) is 12.0 Å². The lowest BCUT2D eigenvalue weighted by atomic mass is 9.46. The summed E-state index contributed by atoms with van der Waals surface area (Å²) in [5, 5.41) is 0. The van der Waals surface area contributed by atoms with Gasteiger partial charge in [0, 0.05) is 30.0 Å². The zero-order valence-corrected chi connectivity index (χ0v) is 13.5. The summed E-state index contributed by atoms with van der Waals surface area (Å²) in [6.07, 6.45) is 6.90. The number of hydrogen-bond donors (Lipinski definition) is 1. The number of fused-ring (bicyclic) bond motifs is 1. The Kier molecular flexibility index (Phi) is 3.89. The van der Waals surface area contributed by atoms with Crippen LogP contribution in [0.15, 0.2) is 0 Å². The van der Waals surface area contributed by atoms with Crippen molar-refractivity contribution in [1.29, 1.82) is 0 Å². The molecule has 0 radical (unpaired) electrons. The van der Waals surface area contributed by atoms with Gasteiger partial charge in [-0.25, -0.2) is 0 Å². The maximum atomic E-state index is 6.91. The van der Waals surface area contributed by atoms with Gasteiger partial charge in [0.25, 0.3) is 0 Å². The second-order valence-electron chi connectivity index (χ2n) is 7.93. The third kappa shape index (κ3) is 2.13. The van der Waals surface area contributed by atoms with Crippen LogP contribution in [0, 0.1) is 17.3 Å². The Morgan fingerprint density at radius 1 is 1.20 bits per heavy atom. The van der Waals surface area contributed by atoms with E-state index in [1.807, 2.05) is 0 Å². The predicted octanol–water partition coefficient (Wildman–Crippen LogP) is 2.64. The lowest BCUT2D eigenvalue weighted by Gasteiger charge is -2.67. The minimum atomic E-state index is -0.0445. The van der Waals surface area contributed by atoms with E-state index in [4.69, 9.17) is 10.5 Å². The molecule has 3 atom stereocenters. The maximum Gasteiger partial charge on any atom is 0.0690 e. The van der Waals surface area contributed by atoms with Gasteiger partial charge in [-0.2, -0.15) is 0 Å². The van der Waals surface area contributed by atoms with Gasteiger partial charge in [0.2, 0.25) is 0 Å². The molecule has 0 aromatic heterocycles. The molecule has 3 heteroatoms. The molecule has 3 aliphatic rings. The quantitative estimate of drug-likeness (QED) is 0.864. The smallest absolute Gasteiger partial charge is 0.0690 e. The molecule has 2 heterocycles. The number of nitrogens with zero attached hydrogens (tertiary/aromatic N) is 1. The molecule has 3 fully saturated rings. The molecule has 3 nitrogen and oxygen atoms in total. The third-order valence-corrected chi connectivity index (χ3v) is 6.66. The van der Waals surface area contributed by atoms with E-state index in [1.165, 1.54) is 45.2 Å². The van der Waals surface area contributed by atoms with Crippen LogP contribution in [0.1, 0.15) is 52.9 Å². The van der Waals surface area contributed by atoms with Crippen molar-refractivity contribution in [2.75, 3.05) is 26.2 Å². The zero-order valence-electron chi connectivity index (χ0n) is 13.5. The summed E-state index contributed by atoms with van der Waals surface area (Å²) in [5.41, 5.74) is 6.99. The first-order valence-electron chi connectivity index (χ1n) is 8.62. The first kappa shape index (κ1) is 14.8. The molecule has 2 N–H and O–H groups in total. The fraction of sp³-hybridized carbons (Fsp3) is 1.00. The first-order valence-corrected chi connectivity index (χ1v) is 8.62. The molecule has 0 amide bonds. The van der Waals surface area contributed by atoms with E-state index in [1.54, 1.807) is 0 Å². The van der Waals surface area contributed by atoms with Gasteiger partial charge in [-0.05, 0) is 44.7 Å². The Bertz CT molecular complexity index is 349. The van der Waals surface area contributed by atoms with Gasteiger partial charge in [-0.3, -0.25) is 0 Å². The van der Waals surface area contributed by atoms with Crippen LogP contribution in [-0.2, 0) is 4.74 Å². The van der Waals surface area contributed by atoms with Gasteiger partial charge in [-0.15, -0.1) is 0 Å². The number of ether oxygens (including phenoxy) is 1. The van der Waals surface area contributed by atoms with Crippen LogP contribution in [0.2, 0.25) is 0 Å². The van der Waals surface area contributed by atoms with E-state index in [0.717, 1.165) is 19.1 Å². The highest BCUT2D eigenvalue weighted by Crippen LogP contribution is 2.57. The zero-order chi connectivity index (χ0) is 14.4. The minimum absolute atomic E-state index is 0.0445. The normalized spacial score (nSPS) is 42.0. The van der Waals surface area contributed by atoms with Crippen LogP contribution in [-0.4, -0.2) is 42.8 Å². The molecule has 3 rings (SSSR count). The van der Waals surface area contributed by atoms with E-state index in [9.17, 15) is 0 Å². The lowest BCUT2D eigenvalue weighted by Crippen LogP contribution is -2.80. The molecule has 116 valence electrons. The van der Waals surface area contributed by atoms with Crippen molar-refractivity contribution in [1.82, 2.24) is 4.90 Å². The highest BCUT2D eigenvalue weighted by atomic mass is 16.5. The fourth-order valence-corrected chi connectivity index (χ4v) is 4.91. The van der Waals surface area contributed by atoms with E-state index in [-0.39, 0.29) is 11.0 Å². The Morgan fingerprint density at radius 3 is 2.55 bits per heavy atom. The lowest BCUT2D eigenvalue weighted by molar-refractivity contribution is -0.232. The average Bonchev–Trinajstić information content (AvgIpc) is 2.48. The predicted molar refractivity (Wildman–Crippen MR) is 82.6 cm³/mol. The number of hydrogen-bond acceptors (Lipinski definition) is 3. The number of piperidine rings is 1. The van der Waals surface area contributed by atoms with Crippen molar-refractivity contribution in [3.05, 3.63) is 0 Å². The Balaban J connectivity index is 1.64. The summed E-state index contributed by atoms with van der Waals surface area (Å²) < 4.78 is 6.01. The van der Waals surface area contributed by atoms with Crippen molar-refractivity contribution in [3.63, 3.8) is 0 Å². The summed E-state index contributed by atoms with van der Waals surface area (Å²) in [6, 6.07) is 0. The van der Waals surface area contributed by atoms with Crippen LogP contribution in [0.5, 0.6) is 0 Å². The molecule has 1 saturated carbocycles. The second kappa shape index (κ2) is 5.26. The molecule has 0 bridgehead atoms. The van der Waals surface area contributed by atoms with E-state index < -0.39 is 0 Å². The monoisotopic (exact) mass is 280 g/mol. The first-order chi connectivity index (χ1) is 9.49. The van der Waals surface area contributed by atoms with Crippen LogP contribution in [0.4, 0.5) is 0 Å². The van der Waals surface area contributed by atoms with Crippen molar-refractivity contribution in [2.24, 2.45) is 23.0 Å². The van der Waals surface area contributed by atoms with Crippen LogP contribution < -0.4 is 5.73 Å². The van der Waals surface area contributed by atoms with Gasteiger partial charge < -0.3 is 15.4 Å². The van der Waals surface area contributed by atoms with Crippen LogP contribution >= 0.6 is 0 Å². The third-order valence-electron chi connectivity index (χ3n) is 6.66. The Morgan fingerprint density at radius 2 is 1.90 bits per heavy atom. The van der Waals surface area contributed by atoms with Gasteiger partial charge in [-0.1, -0.05) is 27.2 Å². The summed E-state index contributed by atoms with van der Waals surface area (Å²) >= 11 is 0. The van der Waals surface area contributed by atoms with Crippen molar-refractivity contribution in [3.8, 4) is 0 Å². The van der Waals surface area contributed by atoms with Gasteiger partial charge in [0.15, 0.2) is 0 Å². The number of nitrogens with two attached hydrogens (primary N) is 1. The molecule has 0 spiro atoms. The van der Waals surface area contributed by atoms with Crippen molar-refractivity contribution in [2.45, 2.75) is 64.5 Å². The van der Waals surface area contributed by atoms with Crippen LogP contribution in [0.3, 0.4) is 0 Å². The second-order valence-corrected chi connectivity index (χ2v) is 7.93. The summed E-state index contributed by atoms with van der Waals surface area (Å²) in [4.78, 5) is 2.62. The van der Waals surface area contributed by atoms with Gasteiger partial charge in [0.1, 0.15) is 0 Å². The molecule has 3 unspecified atom stereocenters. The minimum Gasteiger partial charge on any atom is -0.377 e. The molecule has 1 aliphatic carbocycles. The molecular weight excluding hydrogens is 248 g/mol. The molecule has 2 aliphatic heterocycles. The fourth-order valence-electron chi connectivity index (χ4n) is 4.91. The maximum absolute atomic E-state index is 6.91. The molecule has 2 saturated heterocycles. The topological polar surface area (TPSA) is 38.5 Å². The van der Waals surface area contributed by atoms with E-state index in [2.05, 4.69) is 25.7 Å². The summed E-state index contributed by atoms with van der Waals surface area (Å²) in [7, 11) is 0. The SMILES string of the molecule is CCC1CCN(CC2(N)C3CCCOC3C2(C)C)CC1. The Hall–Kier alpha value is -0.120. The summed E-state index contributed by atoms with van der Waals surface area (Å²) in [5.74, 6) is 1.52. The molecular formula is C17H32N2O. The summed E-state index contributed by atoms with van der Waals surface area (Å²) in [6.45, 7) is 11.4. The number of likely N-dealkylation sites (tertiary alicyclic amines) is 1. The highest BCUT2D eigenvalue weighted by molar-refractivity contribution is 5.20. The Labute approximate surface area is 124 Å². The highest BCUT2D eigenvalue weighted by Gasteiger charge is 2.66. The van der Waals surface area contributed by atoms with Gasteiger partial charge >= 0.3 is 0 Å². The standard InChI is InChI=1S/C17H32N2O/c1-4-13-7-9-19(10-8-13)12-17(18)14-6-5-11-20-15(14)16(17,2)3/h13-15H,4-12,18H2,1-3H3. The number of rotatable bonds is 3. The molecule has 0 aromatic rings. The van der Waals surface area contributed by atoms with Crippen LogP contribution in [0.25, 0.3) is 0 Å². The van der Waals surface area contributed by atoms with Crippen molar-refractivity contribution >= 4 is 0 Å². The van der Waals surface area contributed by atoms with E-state index >= 15 is 0 Å². The molecule has 20 heavy (non-hydrogen) atoms. The van der Waals surface area contributed by atoms with Gasteiger partial charge in [0.05, 0.1) is 6.10 Å². The molecule has 0 aromatic carbocycles.